The molecule has 0 unspecified atom stereocenters. The van der Waals surface area contributed by atoms with Gasteiger partial charge in [0.1, 0.15) is 11.5 Å². The molecular formula is C13H17NO3. The molecule has 1 aromatic rings. The van der Waals surface area contributed by atoms with Crippen molar-refractivity contribution >= 4 is 5.91 Å². The molecule has 3 N–H and O–H groups in total. The maximum atomic E-state index is 11.8. The lowest BCUT2D eigenvalue weighted by Crippen LogP contribution is -2.39. The molecule has 4 heteroatoms. The first kappa shape index (κ1) is 11.8. The number of carbonyl (C=O) groups excluding carboxylic acids is 1. The van der Waals surface area contributed by atoms with Gasteiger partial charge in [-0.15, -0.1) is 0 Å². The van der Waals surface area contributed by atoms with Gasteiger partial charge in [-0.25, -0.2) is 0 Å². The molecule has 1 amide bonds. The number of amides is 1. The second-order valence-corrected chi connectivity index (χ2v) is 5.05. The minimum atomic E-state index is -0.296. The molecule has 0 radical (unpaired) electrons. The van der Waals surface area contributed by atoms with Crippen molar-refractivity contribution in [3.63, 3.8) is 0 Å². The molecule has 1 aromatic carbocycles. The van der Waals surface area contributed by atoms with Crippen molar-refractivity contribution in [2.24, 2.45) is 5.41 Å². The molecule has 92 valence electrons. The zero-order chi connectivity index (χ0) is 12.5. The lowest BCUT2D eigenvalue weighted by Gasteiger charge is -2.38. The van der Waals surface area contributed by atoms with E-state index < -0.39 is 0 Å². The Balaban J connectivity index is 1.99. The number of rotatable bonds is 3. The third-order valence-electron chi connectivity index (χ3n) is 3.46. The number of phenolic OH excluding ortho intramolecular Hbond substituents is 2. The molecule has 2 rings (SSSR count). The first-order valence-electron chi connectivity index (χ1n) is 5.80. The zero-order valence-corrected chi connectivity index (χ0v) is 9.86. The lowest BCUT2D eigenvalue weighted by atomic mass is 9.70. The van der Waals surface area contributed by atoms with Gasteiger partial charge >= 0.3 is 0 Å². The van der Waals surface area contributed by atoms with Crippen LogP contribution in [0.1, 0.15) is 36.5 Å². The van der Waals surface area contributed by atoms with Crippen LogP contribution in [0.2, 0.25) is 0 Å². The zero-order valence-electron chi connectivity index (χ0n) is 9.86. The largest absolute Gasteiger partial charge is 0.508 e. The second-order valence-electron chi connectivity index (χ2n) is 5.05. The van der Waals surface area contributed by atoms with Crippen LogP contribution >= 0.6 is 0 Å². The molecule has 0 bridgehead atoms. The Labute approximate surface area is 100 Å². The standard InChI is InChI=1S/C13H17NO3/c1-13(5-2-6-13)8-14-12(17)10-4-3-9(15)7-11(10)16/h3-4,7,15-16H,2,5-6,8H2,1H3,(H,14,17). The van der Waals surface area contributed by atoms with Gasteiger partial charge in [-0.3, -0.25) is 4.79 Å². The van der Waals surface area contributed by atoms with Crippen LogP contribution < -0.4 is 5.32 Å². The number of aromatic hydroxyl groups is 2. The third kappa shape index (κ3) is 2.52. The molecular weight excluding hydrogens is 218 g/mol. The Morgan fingerprint density at radius 3 is 2.65 bits per heavy atom. The van der Waals surface area contributed by atoms with Crippen LogP contribution in [0.4, 0.5) is 0 Å². The molecule has 0 aromatic heterocycles. The molecule has 0 atom stereocenters. The van der Waals surface area contributed by atoms with Crippen molar-refractivity contribution in [3.05, 3.63) is 23.8 Å². The summed E-state index contributed by atoms with van der Waals surface area (Å²) >= 11 is 0. The van der Waals surface area contributed by atoms with E-state index in [1.165, 1.54) is 24.6 Å². The molecule has 4 nitrogen and oxygen atoms in total. The quantitative estimate of drug-likeness (QED) is 0.750. The Bertz CT molecular complexity index is 438. The van der Waals surface area contributed by atoms with E-state index in [-0.39, 0.29) is 28.4 Å². The number of nitrogens with one attached hydrogen (secondary N) is 1. The fourth-order valence-corrected chi connectivity index (χ4v) is 2.06. The Morgan fingerprint density at radius 1 is 1.41 bits per heavy atom. The third-order valence-corrected chi connectivity index (χ3v) is 3.46. The number of hydrogen-bond donors (Lipinski definition) is 3. The average molecular weight is 235 g/mol. The summed E-state index contributed by atoms with van der Waals surface area (Å²) in [5.74, 6) is -0.540. The molecule has 0 aliphatic heterocycles. The first-order valence-corrected chi connectivity index (χ1v) is 5.80. The van der Waals surface area contributed by atoms with Crippen LogP contribution in [0.3, 0.4) is 0 Å². The molecule has 17 heavy (non-hydrogen) atoms. The van der Waals surface area contributed by atoms with Gasteiger partial charge in [-0.05, 0) is 30.4 Å². The van der Waals surface area contributed by atoms with Gasteiger partial charge in [0.15, 0.2) is 0 Å². The highest BCUT2D eigenvalue weighted by Gasteiger charge is 2.32. The van der Waals surface area contributed by atoms with Crippen molar-refractivity contribution in [1.82, 2.24) is 5.32 Å². The SMILES string of the molecule is CC1(CNC(=O)c2ccc(O)cc2O)CCC1. The van der Waals surface area contributed by atoms with Crippen LogP contribution in [0.25, 0.3) is 0 Å². The van der Waals surface area contributed by atoms with Crippen molar-refractivity contribution in [1.29, 1.82) is 0 Å². The molecule has 1 saturated carbocycles. The predicted octanol–water partition coefficient (Wildman–Crippen LogP) is 2.02. The summed E-state index contributed by atoms with van der Waals surface area (Å²) in [4.78, 5) is 11.8. The highest BCUT2D eigenvalue weighted by Crippen LogP contribution is 2.39. The van der Waals surface area contributed by atoms with E-state index in [2.05, 4.69) is 12.2 Å². The molecule has 0 heterocycles. The first-order chi connectivity index (χ1) is 8.00. The molecule has 1 aliphatic rings. The van der Waals surface area contributed by atoms with Crippen LogP contribution in [0, 0.1) is 5.41 Å². The van der Waals surface area contributed by atoms with E-state index >= 15 is 0 Å². The van der Waals surface area contributed by atoms with Crippen molar-refractivity contribution in [2.45, 2.75) is 26.2 Å². The number of carbonyl (C=O) groups is 1. The van der Waals surface area contributed by atoms with Gasteiger partial charge in [0, 0.05) is 12.6 Å². The number of hydrogen-bond acceptors (Lipinski definition) is 3. The highest BCUT2D eigenvalue weighted by molar-refractivity contribution is 5.97. The van der Waals surface area contributed by atoms with E-state index in [0.29, 0.717) is 6.54 Å². The van der Waals surface area contributed by atoms with E-state index in [1.54, 1.807) is 0 Å². The van der Waals surface area contributed by atoms with Crippen LogP contribution in [0.15, 0.2) is 18.2 Å². The summed E-state index contributed by atoms with van der Waals surface area (Å²) in [6, 6.07) is 3.97. The van der Waals surface area contributed by atoms with Crippen molar-refractivity contribution in [3.8, 4) is 11.5 Å². The molecule has 0 spiro atoms. The minimum absolute atomic E-state index is 0.0509. The monoisotopic (exact) mass is 235 g/mol. The topological polar surface area (TPSA) is 69.6 Å². The van der Waals surface area contributed by atoms with Crippen molar-refractivity contribution < 1.29 is 15.0 Å². The Morgan fingerprint density at radius 2 is 2.12 bits per heavy atom. The summed E-state index contributed by atoms with van der Waals surface area (Å²) < 4.78 is 0. The summed E-state index contributed by atoms with van der Waals surface area (Å²) in [6.45, 7) is 2.78. The Hall–Kier alpha value is -1.71. The summed E-state index contributed by atoms with van der Waals surface area (Å²) in [6.07, 6.45) is 3.49. The van der Waals surface area contributed by atoms with E-state index in [0.717, 1.165) is 12.8 Å². The van der Waals surface area contributed by atoms with E-state index in [9.17, 15) is 9.90 Å². The predicted molar refractivity (Wildman–Crippen MR) is 64.1 cm³/mol. The maximum absolute atomic E-state index is 11.8. The van der Waals surface area contributed by atoms with Crippen LogP contribution in [0.5, 0.6) is 11.5 Å². The summed E-state index contributed by atoms with van der Waals surface area (Å²) in [5, 5.41) is 21.5. The summed E-state index contributed by atoms with van der Waals surface area (Å²) in [5.41, 5.74) is 0.410. The number of benzene rings is 1. The fraction of sp³-hybridized carbons (Fsp3) is 0.462. The van der Waals surface area contributed by atoms with Gasteiger partial charge in [0.25, 0.3) is 5.91 Å². The van der Waals surface area contributed by atoms with Crippen molar-refractivity contribution in [2.75, 3.05) is 6.54 Å². The van der Waals surface area contributed by atoms with Gasteiger partial charge in [0.2, 0.25) is 0 Å². The average Bonchev–Trinajstić information content (AvgIpc) is 2.23. The maximum Gasteiger partial charge on any atom is 0.255 e. The second kappa shape index (κ2) is 4.28. The van der Waals surface area contributed by atoms with Gasteiger partial charge < -0.3 is 15.5 Å². The Kier molecular flexibility index (Phi) is 2.96. The van der Waals surface area contributed by atoms with E-state index in [4.69, 9.17) is 5.11 Å². The highest BCUT2D eigenvalue weighted by atomic mass is 16.3. The van der Waals surface area contributed by atoms with Gasteiger partial charge in [-0.1, -0.05) is 13.3 Å². The molecule has 1 fully saturated rings. The normalized spacial score (nSPS) is 17.2. The molecule has 0 saturated heterocycles. The van der Waals surface area contributed by atoms with Gasteiger partial charge in [0.05, 0.1) is 5.56 Å². The fourth-order valence-electron chi connectivity index (χ4n) is 2.06. The lowest BCUT2D eigenvalue weighted by molar-refractivity contribution is 0.0888. The summed E-state index contributed by atoms with van der Waals surface area (Å²) in [7, 11) is 0. The van der Waals surface area contributed by atoms with Crippen LogP contribution in [-0.4, -0.2) is 22.7 Å². The van der Waals surface area contributed by atoms with Crippen LogP contribution in [-0.2, 0) is 0 Å². The van der Waals surface area contributed by atoms with Gasteiger partial charge in [-0.2, -0.15) is 0 Å². The smallest absolute Gasteiger partial charge is 0.255 e. The van der Waals surface area contributed by atoms with E-state index in [1.807, 2.05) is 0 Å². The number of phenols is 2. The molecule has 1 aliphatic carbocycles. The minimum Gasteiger partial charge on any atom is -0.508 e.